The molecule has 12 aliphatic heterocycles. The Bertz CT molecular complexity index is 2580. The molecule has 0 amide bonds. The first-order valence-corrected chi connectivity index (χ1v) is 52.1. The molecule has 702 valence electrons. The number of hydrogen-bond donors (Lipinski definition) is 0. The molecule has 12 saturated heterocycles. The van der Waals surface area contributed by atoms with Crippen molar-refractivity contribution in [3.63, 3.8) is 0 Å². The monoisotopic (exact) mass is 1670 g/mol. The molecule has 8 spiro atoms. The molecule has 16 rings (SSSR count). The highest BCUT2D eigenvalue weighted by Crippen LogP contribution is 2.64. The Morgan fingerprint density at radius 2 is 0.420 bits per heavy atom. The molecule has 4 saturated carbocycles. The summed E-state index contributed by atoms with van der Waals surface area (Å²) in [5.41, 5.74) is 4.81. The molecule has 0 N–H and O–H groups in total. The lowest BCUT2D eigenvalue weighted by Gasteiger charge is -2.54. The summed E-state index contributed by atoms with van der Waals surface area (Å²) in [5.74, 6) is 8.36. The third kappa shape index (κ3) is 31.7. The number of hydrogen-bond acceptors (Lipinski definition) is 12. The third-order valence-electron chi connectivity index (χ3n) is 33.4. The van der Waals surface area contributed by atoms with E-state index in [1.807, 2.05) is 0 Å². The SMILES string of the molecule is CC(C)C.CC(C)C.CC(C)C1CC12CCN(C(C)C)CC2.CC(C)C1CC12CCN(C(C)C)CC2.CC(C)C1CC2(CCN(C(C)C)CC2)CO1.CC(C)C1CC2(CCN(C(C)C)CC2)CO1.CC(C)C1CC2(CCN(C(C)C)CC2)O1.CC(C)C1CC2(CCN(C(C)C)CC2)O1.CC(C)N1CCC2(CC2)C1.CC(C)N1CCC2(CCC2)C1. The van der Waals surface area contributed by atoms with Crippen LogP contribution in [0.25, 0.3) is 0 Å². The Balaban J connectivity index is 0.000000186. The zero-order chi connectivity index (χ0) is 88.6. The number of piperidine rings is 6. The van der Waals surface area contributed by atoms with Gasteiger partial charge >= 0.3 is 0 Å². The van der Waals surface area contributed by atoms with Crippen molar-refractivity contribution in [2.75, 3.05) is 118 Å². The molecule has 6 atom stereocenters. The van der Waals surface area contributed by atoms with E-state index in [0.717, 1.165) is 94.5 Å². The minimum atomic E-state index is 0.278. The van der Waals surface area contributed by atoms with E-state index in [9.17, 15) is 0 Å². The van der Waals surface area contributed by atoms with Crippen LogP contribution in [-0.2, 0) is 18.9 Å². The van der Waals surface area contributed by atoms with Gasteiger partial charge in [0, 0.05) is 100 Å². The Kier molecular flexibility index (Phi) is 41.6. The largest absolute Gasteiger partial charge is 0.377 e. The van der Waals surface area contributed by atoms with E-state index in [0.29, 0.717) is 83.1 Å². The maximum Gasteiger partial charge on any atom is 0.0735 e. The van der Waals surface area contributed by atoms with Gasteiger partial charge in [0.05, 0.1) is 48.8 Å². The van der Waals surface area contributed by atoms with Gasteiger partial charge in [-0.25, -0.2) is 0 Å². The van der Waals surface area contributed by atoms with Crippen molar-refractivity contribution in [1.29, 1.82) is 0 Å². The van der Waals surface area contributed by atoms with Crippen LogP contribution in [0.5, 0.6) is 0 Å². The van der Waals surface area contributed by atoms with Crippen molar-refractivity contribution in [1.82, 2.24) is 39.2 Å². The highest BCUT2D eigenvalue weighted by atomic mass is 16.5. The summed E-state index contributed by atoms with van der Waals surface area (Å²) >= 11 is 0. The quantitative estimate of drug-likeness (QED) is 0.166. The summed E-state index contributed by atoms with van der Waals surface area (Å²) in [6, 6.07) is 5.87. The van der Waals surface area contributed by atoms with Crippen LogP contribution in [0.2, 0.25) is 0 Å². The smallest absolute Gasteiger partial charge is 0.0735 e. The molecule has 16 fully saturated rings. The molecular weight excluding hydrogens is 1460 g/mol. The van der Waals surface area contributed by atoms with Crippen LogP contribution in [0.3, 0.4) is 0 Å². The van der Waals surface area contributed by atoms with E-state index in [4.69, 9.17) is 18.9 Å². The summed E-state index contributed by atoms with van der Waals surface area (Å²) < 4.78 is 24.2. The van der Waals surface area contributed by atoms with Crippen molar-refractivity contribution >= 4 is 0 Å². The van der Waals surface area contributed by atoms with Gasteiger partial charge in [0.15, 0.2) is 0 Å². The van der Waals surface area contributed by atoms with Crippen LogP contribution in [0.4, 0.5) is 0 Å². The van der Waals surface area contributed by atoms with Crippen LogP contribution >= 0.6 is 0 Å². The van der Waals surface area contributed by atoms with E-state index in [-0.39, 0.29) is 11.2 Å². The van der Waals surface area contributed by atoms with Gasteiger partial charge in [-0.2, -0.15) is 0 Å². The van der Waals surface area contributed by atoms with Gasteiger partial charge in [0.25, 0.3) is 0 Å². The molecule has 12 heterocycles. The van der Waals surface area contributed by atoms with E-state index in [1.54, 1.807) is 0 Å². The van der Waals surface area contributed by atoms with Crippen molar-refractivity contribution in [2.24, 2.45) is 91.7 Å². The molecule has 119 heavy (non-hydrogen) atoms. The van der Waals surface area contributed by atoms with Crippen LogP contribution in [-0.4, -0.2) is 241 Å². The first-order chi connectivity index (χ1) is 55.6. The number of nitrogens with zero attached hydrogens (tertiary/aromatic N) is 8. The third-order valence-corrected chi connectivity index (χ3v) is 33.4. The molecule has 12 nitrogen and oxygen atoms in total. The Morgan fingerprint density at radius 3 is 0.588 bits per heavy atom. The van der Waals surface area contributed by atoms with E-state index in [2.05, 4.69) is 275 Å². The molecule has 0 radical (unpaired) electrons. The normalized spacial score (nSPS) is 29.5. The molecule has 16 aliphatic rings. The minimum Gasteiger partial charge on any atom is -0.377 e. The average Bonchev–Trinajstić information content (AvgIpc) is 1.61. The maximum atomic E-state index is 6.13. The Morgan fingerprint density at radius 1 is 0.210 bits per heavy atom. The van der Waals surface area contributed by atoms with E-state index >= 15 is 0 Å². The first kappa shape index (κ1) is 106. The molecule has 0 bridgehead atoms. The van der Waals surface area contributed by atoms with Crippen LogP contribution < -0.4 is 0 Å². The predicted molar refractivity (Wildman–Crippen MR) is 515 cm³/mol. The van der Waals surface area contributed by atoms with Crippen molar-refractivity contribution in [2.45, 2.75) is 480 Å². The summed E-state index contributed by atoms with van der Waals surface area (Å²) in [7, 11) is 0. The van der Waals surface area contributed by atoms with Gasteiger partial charge in [-0.3, -0.25) is 0 Å². The molecule has 0 aromatic rings. The van der Waals surface area contributed by atoms with Crippen LogP contribution in [0.15, 0.2) is 0 Å². The molecule has 4 aliphatic carbocycles. The van der Waals surface area contributed by atoms with Crippen molar-refractivity contribution < 1.29 is 18.9 Å². The molecular formula is C107H210N8O4. The minimum absolute atomic E-state index is 0.278. The Labute approximate surface area is 743 Å². The Hall–Kier alpha value is -0.480. The van der Waals surface area contributed by atoms with Crippen molar-refractivity contribution in [3.8, 4) is 0 Å². The zero-order valence-corrected chi connectivity index (χ0v) is 86.3. The topological polar surface area (TPSA) is 62.8 Å². The van der Waals surface area contributed by atoms with Gasteiger partial charge in [-0.15, -0.1) is 0 Å². The lowest BCUT2D eigenvalue weighted by Crippen LogP contribution is -2.58. The molecule has 12 heteroatoms. The lowest BCUT2D eigenvalue weighted by atomic mass is 9.68. The van der Waals surface area contributed by atoms with E-state index < -0.39 is 0 Å². The van der Waals surface area contributed by atoms with Crippen LogP contribution in [0.1, 0.15) is 396 Å². The van der Waals surface area contributed by atoms with Gasteiger partial charge in [-0.05, 0) is 409 Å². The fraction of sp³-hybridized carbons (Fsp3) is 1.00. The molecule has 0 aromatic heterocycles. The molecule has 6 unspecified atom stereocenters. The maximum absolute atomic E-state index is 6.13. The summed E-state index contributed by atoms with van der Waals surface area (Å²) in [4.78, 5) is 20.9. The van der Waals surface area contributed by atoms with Gasteiger partial charge in [0.1, 0.15) is 0 Å². The number of likely N-dealkylation sites (tertiary alicyclic amines) is 8. The second kappa shape index (κ2) is 46.9. The van der Waals surface area contributed by atoms with Crippen LogP contribution in [0, 0.1) is 91.7 Å². The number of ether oxygens (including phenoxy) is 4. The average molecular weight is 1670 g/mol. The summed E-state index contributed by atoms with van der Waals surface area (Å²) in [6.07, 6.45) is 37.1. The van der Waals surface area contributed by atoms with Gasteiger partial charge in [0.2, 0.25) is 0 Å². The van der Waals surface area contributed by atoms with Crippen molar-refractivity contribution in [3.05, 3.63) is 0 Å². The van der Waals surface area contributed by atoms with E-state index in [1.165, 1.54) is 265 Å². The van der Waals surface area contributed by atoms with Gasteiger partial charge in [-0.1, -0.05) is 131 Å². The highest BCUT2D eigenvalue weighted by Gasteiger charge is 2.58. The lowest BCUT2D eigenvalue weighted by molar-refractivity contribution is -0.239. The second-order valence-corrected chi connectivity index (χ2v) is 49.2. The summed E-state index contributed by atoms with van der Waals surface area (Å²) in [5, 5.41) is 0. The number of rotatable bonds is 14. The van der Waals surface area contributed by atoms with Gasteiger partial charge < -0.3 is 58.1 Å². The zero-order valence-electron chi connectivity index (χ0n) is 86.3. The highest BCUT2D eigenvalue weighted by molar-refractivity contribution is 5.08. The first-order valence-electron chi connectivity index (χ1n) is 52.1. The second-order valence-electron chi connectivity index (χ2n) is 49.2. The predicted octanol–water partition coefficient (Wildman–Crippen LogP) is 25.0. The fourth-order valence-electron chi connectivity index (χ4n) is 23.1. The fourth-order valence-corrected chi connectivity index (χ4v) is 23.1. The molecule has 0 aromatic carbocycles. The standard InChI is InChI=1S/2C14H27NO.2C13H25NO.2C13H25N.C10H19N.C9H17N.2C4H10/c2*1-11(2)13-9-14(10-16-13)5-7-15(8-6-14)12(3)4;2*1-10(2)12-9-13(15-12)5-7-14(8-6-13)11(3)4;2*1-10(2)12-9-13(12)5-7-14(8-6-13)11(3)4;1-9(2)11-7-6-10(8-11)4-3-5-10;1-8(2)10-6-5-9(7-10)3-4-9;2*1-4(2)3/h2*11-13H,5-10H2,1-4H3;2*10-12H,5-9H2,1-4H3;2*10-12H,5-9H2,1-4H3;9H,3-8H2,1-2H3;8H,3-7H2,1-2H3;2*4H,1-3H3. The summed E-state index contributed by atoms with van der Waals surface area (Å²) in [6.45, 7) is 101.